The van der Waals surface area contributed by atoms with E-state index in [-0.39, 0.29) is 12.4 Å². The number of rotatable bonds is 4. The van der Waals surface area contributed by atoms with Gasteiger partial charge in [0.05, 0.1) is 36.4 Å². The predicted molar refractivity (Wildman–Crippen MR) is 105 cm³/mol. The van der Waals surface area contributed by atoms with Crippen molar-refractivity contribution in [1.29, 1.82) is 0 Å². The maximum atomic E-state index is 12.8. The van der Waals surface area contributed by atoms with Gasteiger partial charge in [0.1, 0.15) is 0 Å². The summed E-state index contributed by atoms with van der Waals surface area (Å²) < 4.78 is 12.4. The Bertz CT molecular complexity index is 1100. The van der Waals surface area contributed by atoms with Crippen LogP contribution in [-0.2, 0) is 9.53 Å². The summed E-state index contributed by atoms with van der Waals surface area (Å²) in [5.41, 5.74) is 3.56. The number of aromatic hydroxyl groups is 1. The molecule has 1 unspecified atom stereocenters. The summed E-state index contributed by atoms with van der Waals surface area (Å²) >= 11 is 0. The normalized spacial score (nSPS) is 15.9. The quantitative estimate of drug-likeness (QED) is 0.674. The number of imidazole rings is 1. The van der Waals surface area contributed by atoms with Crippen molar-refractivity contribution in [3.05, 3.63) is 59.3 Å². The third kappa shape index (κ3) is 2.76. The van der Waals surface area contributed by atoms with Crippen LogP contribution in [0.1, 0.15) is 25.5 Å². The van der Waals surface area contributed by atoms with Gasteiger partial charge in [-0.1, -0.05) is 18.2 Å². The number of benzene rings is 2. The summed E-state index contributed by atoms with van der Waals surface area (Å²) in [5, 5.41) is 13.5. The van der Waals surface area contributed by atoms with E-state index in [4.69, 9.17) is 9.47 Å². The average molecular weight is 379 g/mol. The lowest BCUT2D eigenvalue weighted by Gasteiger charge is -2.30. The van der Waals surface area contributed by atoms with E-state index in [1.165, 1.54) is 7.11 Å². The Kier molecular flexibility index (Phi) is 4.43. The van der Waals surface area contributed by atoms with Gasteiger partial charge in [0.25, 0.3) is 0 Å². The number of methoxy groups -OCH3 is 1. The summed E-state index contributed by atoms with van der Waals surface area (Å²) in [6.07, 6.45) is 0. The van der Waals surface area contributed by atoms with Crippen LogP contribution in [0.2, 0.25) is 0 Å². The predicted octanol–water partition coefficient (Wildman–Crippen LogP) is 3.60. The number of nitrogens with one attached hydrogen (secondary N) is 1. The molecule has 0 aliphatic carbocycles. The van der Waals surface area contributed by atoms with Crippen molar-refractivity contribution in [3.63, 3.8) is 0 Å². The molecule has 2 heterocycles. The molecule has 2 N–H and O–H groups in total. The molecule has 0 spiro atoms. The molecule has 1 aromatic heterocycles. The number of esters is 1. The highest BCUT2D eigenvalue weighted by molar-refractivity contribution is 5.94. The Morgan fingerprint density at radius 1 is 1.29 bits per heavy atom. The summed E-state index contributed by atoms with van der Waals surface area (Å²) in [6, 6.07) is 12.3. The van der Waals surface area contributed by atoms with E-state index in [9.17, 15) is 9.90 Å². The third-order valence-electron chi connectivity index (χ3n) is 4.84. The molecule has 0 fully saturated rings. The number of fused-ring (bicyclic) bond motifs is 3. The number of nitrogens with zero attached hydrogens (tertiary/aromatic N) is 2. The first-order valence-corrected chi connectivity index (χ1v) is 9.04. The molecule has 3 aromatic rings. The van der Waals surface area contributed by atoms with Crippen molar-refractivity contribution < 1.29 is 19.4 Å². The molecule has 28 heavy (non-hydrogen) atoms. The number of para-hydroxylation sites is 2. The van der Waals surface area contributed by atoms with E-state index in [1.54, 1.807) is 19.1 Å². The number of phenolic OH excluding ortho intramolecular Hbond substituents is 1. The molecule has 0 saturated heterocycles. The largest absolute Gasteiger partial charge is 0.504 e. The zero-order valence-corrected chi connectivity index (χ0v) is 15.9. The first kappa shape index (κ1) is 17.9. The smallest absolute Gasteiger partial charge is 0.338 e. The van der Waals surface area contributed by atoms with Gasteiger partial charge in [-0.25, -0.2) is 9.78 Å². The van der Waals surface area contributed by atoms with Gasteiger partial charge in [-0.15, -0.1) is 0 Å². The van der Waals surface area contributed by atoms with E-state index in [1.807, 2.05) is 41.8 Å². The van der Waals surface area contributed by atoms with Crippen LogP contribution < -0.4 is 10.1 Å². The number of phenols is 1. The van der Waals surface area contributed by atoms with E-state index < -0.39 is 12.0 Å². The average Bonchev–Trinajstić information content (AvgIpc) is 3.04. The Balaban J connectivity index is 1.97. The molecule has 144 valence electrons. The number of carbonyl (C=O) groups excluding carboxylic acids is 1. The van der Waals surface area contributed by atoms with Crippen LogP contribution in [0.15, 0.2) is 53.7 Å². The SMILES string of the molecule is CCOC(=O)C1=C(C)Nc2nc3ccccc3n2C1c1ccc(OC)c(O)c1. The fourth-order valence-electron chi connectivity index (χ4n) is 3.63. The second kappa shape index (κ2) is 6.92. The third-order valence-corrected chi connectivity index (χ3v) is 4.84. The molecule has 0 saturated carbocycles. The van der Waals surface area contributed by atoms with Crippen LogP contribution in [0.5, 0.6) is 11.5 Å². The Labute approximate surface area is 162 Å². The molecule has 1 aliphatic heterocycles. The van der Waals surface area contributed by atoms with Crippen LogP contribution in [-0.4, -0.2) is 34.3 Å². The van der Waals surface area contributed by atoms with Crippen LogP contribution in [0.4, 0.5) is 5.95 Å². The van der Waals surface area contributed by atoms with Gasteiger partial charge in [0.15, 0.2) is 11.5 Å². The van der Waals surface area contributed by atoms with Crippen molar-refractivity contribution in [2.24, 2.45) is 0 Å². The second-order valence-corrected chi connectivity index (χ2v) is 6.51. The van der Waals surface area contributed by atoms with Gasteiger partial charge in [-0.2, -0.15) is 0 Å². The fourth-order valence-corrected chi connectivity index (χ4v) is 3.63. The minimum atomic E-state index is -0.500. The first-order valence-electron chi connectivity index (χ1n) is 9.04. The van der Waals surface area contributed by atoms with Crippen molar-refractivity contribution in [1.82, 2.24) is 9.55 Å². The Morgan fingerprint density at radius 2 is 2.07 bits per heavy atom. The lowest BCUT2D eigenvalue weighted by molar-refractivity contribution is -0.139. The van der Waals surface area contributed by atoms with Crippen LogP contribution >= 0.6 is 0 Å². The van der Waals surface area contributed by atoms with Gasteiger partial charge in [-0.05, 0) is 43.7 Å². The van der Waals surface area contributed by atoms with E-state index in [0.717, 1.165) is 16.6 Å². The van der Waals surface area contributed by atoms with Crippen molar-refractivity contribution in [2.45, 2.75) is 19.9 Å². The molecule has 2 aromatic carbocycles. The standard InChI is InChI=1S/C21H21N3O4/c1-4-28-20(26)18-12(2)22-21-23-14-7-5-6-8-15(14)24(21)19(18)13-9-10-17(27-3)16(25)11-13/h5-11,19,25H,4H2,1-3H3,(H,22,23). The Hall–Kier alpha value is -3.48. The van der Waals surface area contributed by atoms with Gasteiger partial charge in [-0.3, -0.25) is 4.57 Å². The highest BCUT2D eigenvalue weighted by Gasteiger charge is 2.35. The number of aromatic nitrogens is 2. The maximum Gasteiger partial charge on any atom is 0.338 e. The molecule has 7 nitrogen and oxygen atoms in total. The summed E-state index contributed by atoms with van der Waals surface area (Å²) in [6.45, 7) is 3.87. The lowest BCUT2D eigenvalue weighted by Crippen LogP contribution is -2.29. The zero-order chi connectivity index (χ0) is 19.8. The molecular formula is C21H21N3O4. The summed E-state index contributed by atoms with van der Waals surface area (Å²) in [7, 11) is 1.49. The van der Waals surface area contributed by atoms with Gasteiger partial charge >= 0.3 is 5.97 Å². The van der Waals surface area contributed by atoms with Crippen LogP contribution in [0, 0.1) is 0 Å². The molecular weight excluding hydrogens is 358 g/mol. The van der Waals surface area contributed by atoms with Crippen molar-refractivity contribution >= 4 is 23.0 Å². The van der Waals surface area contributed by atoms with Crippen molar-refractivity contribution in [3.8, 4) is 11.5 Å². The molecule has 0 radical (unpaired) electrons. The van der Waals surface area contributed by atoms with Gasteiger partial charge in [0.2, 0.25) is 5.95 Å². The molecule has 1 aliphatic rings. The number of hydrogen-bond donors (Lipinski definition) is 2. The second-order valence-electron chi connectivity index (χ2n) is 6.51. The number of allylic oxidation sites excluding steroid dienone is 1. The molecule has 0 bridgehead atoms. The van der Waals surface area contributed by atoms with Crippen molar-refractivity contribution in [2.75, 3.05) is 19.0 Å². The van der Waals surface area contributed by atoms with E-state index in [2.05, 4.69) is 10.3 Å². The molecule has 7 heteroatoms. The van der Waals surface area contributed by atoms with Crippen LogP contribution in [0.25, 0.3) is 11.0 Å². The zero-order valence-electron chi connectivity index (χ0n) is 15.9. The highest BCUT2D eigenvalue weighted by Crippen LogP contribution is 2.41. The number of carbonyl (C=O) groups is 1. The topological polar surface area (TPSA) is 85.6 Å². The first-order chi connectivity index (χ1) is 13.5. The summed E-state index contributed by atoms with van der Waals surface area (Å²) in [4.78, 5) is 17.5. The fraction of sp³-hybridized carbons (Fsp3) is 0.238. The lowest BCUT2D eigenvalue weighted by atomic mass is 9.94. The minimum Gasteiger partial charge on any atom is -0.504 e. The summed E-state index contributed by atoms with van der Waals surface area (Å²) in [5.74, 6) is 0.598. The van der Waals surface area contributed by atoms with E-state index >= 15 is 0 Å². The number of hydrogen-bond acceptors (Lipinski definition) is 6. The molecule has 0 amide bonds. The minimum absolute atomic E-state index is 0.00497. The monoisotopic (exact) mass is 379 g/mol. The van der Waals surface area contributed by atoms with Gasteiger partial charge in [0, 0.05) is 5.70 Å². The Morgan fingerprint density at radius 3 is 2.79 bits per heavy atom. The van der Waals surface area contributed by atoms with Gasteiger partial charge < -0.3 is 19.9 Å². The van der Waals surface area contributed by atoms with Crippen LogP contribution in [0.3, 0.4) is 0 Å². The molecule has 1 atom stereocenters. The highest BCUT2D eigenvalue weighted by atomic mass is 16.5. The van der Waals surface area contributed by atoms with E-state index in [0.29, 0.717) is 23.0 Å². The molecule has 4 rings (SSSR count). The number of anilines is 1. The maximum absolute atomic E-state index is 12.8. The number of ether oxygens (including phenoxy) is 2.